The molecule has 1 aliphatic heterocycles. The van der Waals surface area contributed by atoms with Gasteiger partial charge in [-0.05, 0) is 17.7 Å². The summed E-state index contributed by atoms with van der Waals surface area (Å²) in [6, 6.07) is 9.49. The molecule has 2 rings (SSSR count). The van der Waals surface area contributed by atoms with Crippen molar-refractivity contribution >= 4 is 9.84 Å². The molecule has 0 spiro atoms. The third-order valence-corrected chi connectivity index (χ3v) is 4.54. The maximum absolute atomic E-state index is 11.3. The molecule has 0 bridgehead atoms. The molecular weight excluding hydrogens is 236 g/mol. The molecule has 0 unspecified atom stereocenters. The standard InChI is InChI=1S/C12H14N2O2S/c13-9-11-1-3-12(4-2-11)10-14-5-7-17(15,16)8-6-14/h1-4H,5-8,10H2. The number of hydrogen-bond donors (Lipinski definition) is 0. The van der Waals surface area contributed by atoms with E-state index in [1.54, 1.807) is 12.1 Å². The Bertz CT molecular complexity index is 515. The molecule has 0 saturated carbocycles. The van der Waals surface area contributed by atoms with Gasteiger partial charge in [0.25, 0.3) is 0 Å². The van der Waals surface area contributed by atoms with Gasteiger partial charge in [0.15, 0.2) is 9.84 Å². The first-order valence-electron chi connectivity index (χ1n) is 5.51. The molecule has 0 amide bonds. The topological polar surface area (TPSA) is 61.2 Å². The molecule has 1 saturated heterocycles. The van der Waals surface area contributed by atoms with Gasteiger partial charge in [0, 0.05) is 19.6 Å². The number of nitrogens with zero attached hydrogens (tertiary/aromatic N) is 2. The molecule has 1 aromatic carbocycles. The molecule has 0 N–H and O–H groups in total. The number of sulfone groups is 1. The molecule has 0 radical (unpaired) electrons. The molecule has 0 atom stereocenters. The van der Waals surface area contributed by atoms with E-state index < -0.39 is 9.84 Å². The summed E-state index contributed by atoms with van der Waals surface area (Å²) in [6.07, 6.45) is 0. The van der Waals surface area contributed by atoms with E-state index in [0.717, 1.165) is 12.1 Å². The predicted molar refractivity (Wildman–Crippen MR) is 65.1 cm³/mol. The van der Waals surface area contributed by atoms with Gasteiger partial charge >= 0.3 is 0 Å². The highest BCUT2D eigenvalue weighted by Gasteiger charge is 2.21. The zero-order valence-electron chi connectivity index (χ0n) is 9.46. The van der Waals surface area contributed by atoms with Crippen LogP contribution in [0.2, 0.25) is 0 Å². The molecule has 1 fully saturated rings. The van der Waals surface area contributed by atoms with Crippen molar-refractivity contribution in [3.05, 3.63) is 35.4 Å². The van der Waals surface area contributed by atoms with Gasteiger partial charge in [-0.15, -0.1) is 0 Å². The second kappa shape index (κ2) is 4.86. The van der Waals surface area contributed by atoms with Gasteiger partial charge in [0.1, 0.15) is 0 Å². The molecule has 5 heteroatoms. The van der Waals surface area contributed by atoms with Crippen LogP contribution < -0.4 is 0 Å². The lowest BCUT2D eigenvalue weighted by Crippen LogP contribution is -2.39. The number of hydrogen-bond acceptors (Lipinski definition) is 4. The van der Waals surface area contributed by atoms with Crippen LogP contribution in [0.15, 0.2) is 24.3 Å². The van der Waals surface area contributed by atoms with Crippen molar-refractivity contribution in [1.29, 1.82) is 5.26 Å². The fourth-order valence-electron chi connectivity index (χ4n) is 1.85. The highest BCUT2D eigenvalue weighted by atomic mass is 32.2. The van der Waals surface area contributed by atoms with Crippen molar-refractivity contribution in [2.45, 2.75) is 6.54 Å². The second-order valence-corrected chi connectivity index (χ2v) is 6.54. The van der Waals surface area contributed by atoms with Gasteiger partial charge in [0.05, 0.1) is 23.1 Å². The highest BCUT2D eigenvalue weighted by molar-refractivity contribution is 7.91. The van der Waals surface area contributed by atoms with E-state index in [0.29, 0.717) is 18.7 Å². The molecule has 1 aliphatic rings. The van der Waals surface area contributed by atoms with Crippen LogP contribution >= 0.6 is 0 Å². The summed E-state index contributed by atoms with van der Waals surface area (Å²) in [6.45, 7) is 1.95. The van der Waals surface area contributed by atoms with Crippen molar-refractivity contribution in [2.24, 2.45) is 0 Å². The molecule has 17 heavy (non-hydrogen) atoms. The second-order valence-electron chi connectivity index (χ2n) is 4.24. The Morgan fingerprint density at radius 1 is 1.18 bits per heavy atom. The highest BCUT2D eigenvalue weighted by Crippen LogP contribution is 2.10. The summed E-state index contributed by atoms with van der Waals surface area (Å²) in [5, 5.41) is 8.68. The molecule has 90 valence electrons. The minimum Gasteiger partial charge on any atom is -0.297 e. The van der Waals surface area contributed by atoms with Gasteiger partial charge in [-0.25, -0.2) is 8.42 Å². The van der Waals surface area contributed by atoms with Gasteiger partial charge in [-0.1, -0.05) is 12.1 Å². The normalized spacial score (nSPS) is 19.7. The van der Waals surface area contributed by atoms with Crippen LogP contribution in [0.25, 0.3) is 0 Å². The Hall–Kier alpha value is -1.38. The van der Waals surface area contributed by atoms with E-state index in [4.69, 9.17) is 5.26 Å². The summed E-state index contributed by atoms with van der Waals surface area (Å²) < 4.78 is 22.5. The SMILES string of the molecule is N#Cc1ccc(CN2CCS(=O)(=O)CC2)cc1. The average molecular weight is 250 g/mol. The van der Waals surface area contributed by atoms with E-state index >= 15 is 0 Å². The van der Waals surface area contributed by atoms with Gasteiger partial charge < -0.3 is 0 Å². The smallest absolute Gasteiger partial charge is 0.152 e. The monoisotopic (exact) mass is 250 g/mol. The molecule has 0 aromatic heterocycles. The predicted octanol–water partition coefficient (Wildman–Crippen LogP) is 0.789. The molecular formula is C12H14N2O2S. The van der Waals surface area contributed by atoms with Crippen LogP contribution in [0.4, 0.5) is 0 Å². The molecule has 4 nitrogen and oxygen atoms in total. The zero-order chi connectivity index (χ0) is 12.3. The summed E-state index contributed by atoms with van der Waals surface area (Å²) in [5.74, 6) is 0.507. The van der Waals surface area contributed by atoms with Gasteiger partial charge in [0.2, 0.25) is 0 Å². The fraction of sp³-hybridized carbons (Fsp3) is 0.417. The van der Waals surface area contributed by atoms with E-state index in [1.165, 1.54) is 0 Å². The minimum absolute atomic E-state index is 0.253. The Labute approximate surface area is 101 Å². The van der Waals surface area contributed by atoms with Crippen LogP contribution in [-0.2, 0) is 16.4 Å². The van der Waals surface area contributed by atoms with Crippen LogP contribution in [-0.4, -0.2) is 37.9 Å². The van der Waals surface area contributed by atoms with E-state index in [9.17, 15) is 8.42 Å². The van der Waals surface area contributed by atoms with E-state index in [-0.39, 0.29) is 11.5 Å². The Morgan fingerprint density at radius 2 is 1.76 bits per heavy atom. The number of rotatable bonds is 2. The van der Waals surface area contributed by atoms with Crippen LogP contribution in [0.1, 0.15) is 11.1 Å². The maximum Gasteiger partial charge on any atom is 0.152 e. The summed E-state index contributed by atoms with van der Waals surface area (Å²) >= 11 is 0. The molecule has 1 aromatic rings. The number of nitriles is 1. The Balaban J connectivity index is 1.96. The van der Waals surface area contributed by atoms with Crippen LogP contribution in [0.5, 0.6) is 0 Å². The lowest BCUT2D eigenvalue weighted by molar-refractivity contribution is 0.287. The van der Waals surface area contributed by atoms with Gasteiger partial charge in [-0.2, -0.15) is 5.26 Å². The summed E-state index contributed by atoms with van der Waals surface area (Å²) in [7, 11) is -2.80. The largest absolute Gasteiger partial charge is 0.297 e. The quantitative estimate of drug-likeness (QED) is 0.778. The van der Waals surface area contributed by atoms with Crippen LogP contribution in [0.3, 0.4) is 0 Å². The number of benzene rings is 1. The molecule has 1 heterocycles. The fourth-order valence-corrected chi connectivity index (χ4v) is 3.13. The van der Waals surface area contributed by atoms with Crippen molar-refractivity contribution < 1.29 is 8.42 Å². The minimum atomic E-state index is -2.80. The first-order valence-corrected chi connectivity index (χ1v) is 7.33. The maximum atomic E-state index is 11.3. The first kappa shape index (κ1) is 12.1. The average Bonchev–Trinajstić information content (AvgIpc) is 2.33. The van der Waals surface area contributed by atoms with Crippen molar-refractivity contribution in [2.75, 3.05) is 24.6 Å². The van der Waals surface area contributed by atoms with E-state index in [1.807, 2.05) is 12.1 Å². The van der Waals surface area contributed by atoms with Crippen molar-refractivity contribution in [3.63, 3.8) is 0 Å². The van der Waals surface area contributed by atoms with Crippen molar-refractivity contribution in [1.82, 2.24) is 4.90 Å². The lowest BCUT2D eigenvalue weighted by atomic mass is 10.1. The van der Waals surface area contributed by atoms with Gasteiger partial charge in [-0.3, -0.25) is 4.90 Å². The zero-order valence-corrected chi connectivity index (χ0v) is 10.3. The summed E-state index contributed by atoms with van der Waals surface area (Å²) in [4.78, 5) is 2.13. The first-order chi connectivity index (χ1) is 8.09. The Kier molecular flexibility index (Phi) is 3.46. The third-order valence-electron chi connectivity index (χ3n) is 2.93. The lowest BCUT2D eigenvalue weighted by Gasteiger charge is -2.26. The van der Waals surface area contributed by atoms with Crippen LogP contribution in [0, 0.1) is 11.3 Å². The molecule has 0 aliphatic carbocycles. The van der Waals surface area contributed by atoms with Crippen molar-refractivity contribution in [3.8, 4) is 6.07 Å². The Morgan fingerprint density at radius 3 is 2.29 bits per heavy atom. The third kappa shape index (κ3) is 3.29. The summed E-state index contributed by atoms with van der Waals surface area (Å²) in [5.41, 5.74) is 1.76. The van der Waals surface area contributed by atoms with E-state index in [2.05, 4.69) is 11.0 Å².